The van der Waals surface area contributed by atoms with Crippen LogP contribution in [0.4, 0.5) is 5.69 Å². The quantitative estimate of drug-likeness (QED) is 0.634. The van der Waals surface area contributed by atoms with E-state index in [2.05, 4.69) is 13.0 Å². The maximum absolute atomic E-state index is 5.70. The van der Waals surface area contributed by atoms with E-state index in [9.17, 15) is 0 Å². The van der Waals surface area contributed by atoms with Crippen LogP contribution >= 0.6 is 11.8 Å². The summed E-state index contributed by atoms with van der Waals surface area (Å²) in [7, 11) is 0. The SMILES string of the molecule is Cc1ccoc1CSc1cccc(N)c1. The Kier molecular flexibility index (Phi) is 3.02. The third kappa shape index (κ3) is 2.57. The fourth-order valence-electron chi connectivity index (χ4n) is 1.31. The van der Waals surface area contributed by atoms with Gasteiger partial charge in [0.25, 0.3) is 0 Å². The Morgan fingerprint density at radius 1 is 1.33 bits per heavy atom. The lowest BCUT2D eigenvalue weighted by atomic mass is 10.3. The lowest BCUT2D eigenvalue weighted by Gasteiger charge is -2.01. The van der Waals surface area contributed by atoms with Crippen LogP contribution < -0.4 is 5.73 Å². The second kappa shape index (κ2) is 4.45. The summed E-state index contributed by atoms with van der Waals surface area (Å²) in [5, 5.41) is 0. The molecule has 2 rings (SSSR count). The second-order valence-electron chi connectivity index (χ2n) is 3.39. The molecule has 0 aliphatic heterocycles. The molecular formula is C12H13NOS. The molecule has 2 N–H and O–H groups in total. The lowest BCUT2D eigenvalue weighted by molar-refractivity contribution is 0.528. The molecule has 3 heteroatoms. The lowest BCUT2D eigenvalue weighted by Crippen LogP contribution is -1.84. The van der Waals surface area contributed by atoms with E-state index in [-0.39, 0.29) is 0 Å². The molecule has 2 nitrogen and oxygen atoms in total. The van der Waals surface area contributed by atoms with Gasteiger partial charge in [-0.25, -0.2) is 0 Å². The van der Waals surface area contributed by atoms with Crippen molar-refractivity contribution in [2.45, 2.75) is 17.6 Å². The van der Waals surface area contributed by atoms with E-state index in [0.717, 1.165) is 17.2 Å². The minimum absolute atomic E-state index is 0.802. The normalized spacial score (nSPS) is 10.5. The highest BCUT2D eigenvalue weighted by molar-refractivity contribution is 7.98. The summed E-state index contributed by atoms with van der Waals surface area (Å²) < 4.78 is 5.36. The summed E-state index contributed by atoms with van der Waals surface area (Å²) in [6.45, 7) is 2.05. The minimum atomic E-state index is 0.802. The molecule has 1 aromatic carbocycles. The minimum Gasteiger partial charge on any atom is -0.468 e. The van der Waals surface area contributed by atoms with Crippen molar-refractivity contribution in [3.05, 3.63) is 47.9 Å². The Morgan fingerprint density at radius 3 is 2.87 bits per heavy atom. The fraction of sp³-hybridized carbons (Fsp3) is 0.167. The van der Waals surface area contributed by atoms with Crippen LogP contribution in [0.15, 0.2) is 45.9 Å². The Balaban J connectivity index is 2.02. The average Bonchev–Trinajstić information content (AvgIpc) is 2.61. The molecule has 1 aromatic heterocycles. The van der Waals surface area contributed by atoms with Gasteiger partial charge in [0.15, 0.2) is 0 Å². The molecule has 0 saturated heterocycles. The summed E-state index contributed by atoms with van der Waals surface area (Å²) in [5.74, 6) is 1.88. The highest BCUT2D eigenvalue weighted by atomic mass is 32.2. The van der Waals surface area contributed by atoms with E-state index in [0.29, 0.717) is 0 Å². The van der Waals surface area contributed by atoms with E-state index in [1.54, 1.807) is 18.0 Å². The Morgan fingerprint density at radius 2 is 2.20 bits per heavy atom. The number of nitrogen functional groups attached to an aromatic ring is 1. The first-order valence-electron chi connectivity index (χ1n) is 4.77. The van der Waals surface area contributed by atoms with Crippen LogP contribution in [0, 0.1) is 6.92 Å². The van der Waals surface area contributed by atoms with Crippen LogP contribution in [0.25, 0.3) is 0 Å². The number of hydrogen-bond donors (Lipinski definition) is 1. The molecule has 0 amide bonds. The molecule has 1 heterocycles. The molecular weight excluding hydrogens is 206 g/mol. The third-order valence-electron chi connectivity index (χ3n) is 2.20. The van der Waals surface area contributed by atoms with Crippen LogP contribution in [-0.4, -0.2) is 0 Å². The van der Waals surface area contributed by atoms with Gasteiger partial charge < -0.3 is 10.2 Å². The van der Waals surface area contributed by atoms with Crippen LogP contribution in [0.2, 0.25) is 0 Å². The first-order chi connectivity index (χ1) is 7.25. The standard InChI is InChI=1S/C12H13NOS/c1-9-5-6-14-12(9)8-15-11-4-2-3-10(13)7-11/h2-7H,8,13H2,1H3. The van der Waals surface area contributed by atoms with Crippen LogP contribution in [0.5, 0.6) is 0 Å². The summed E-state index contributed by atoms with van der Waals surface area (Å²) >= 11 is 1.73. The number of benzene rings is 1. The van der Waals surface area contributed by atoms with Crippen molar-refractivity contribution < 1.29 is 4.42 Å². The van der Waals surface area contributed by atoms with Crippen LogP contribution in [0.3, 0.4) is 0 Å². The van der Waals surface area contributed by atoms with Gasteiger partial charge >= 0.3 is 0 Å². The predicted molar refractivity (Wildman–Crippen MR) is 63.9 cm³/mol. The van der Waals surface area contributed by atoms with Gasteiger partial charge in [0.1, 0.15) is 5.76 Å². The topological polar surface area (TPSA) is 39.2 Å². The van der Waals surface area contributed by atoms with Crippen molar-refractivity contribution in [1.29, 1.82) is 0 Å². The van der Waals surface area contributed by atoms with Crippen molar-refractivity contribution in [1.82, 2.24) is 0 Å². The number of anilines is 1. The molecule has 0 aliphatic rings. The van der Waals surface area contributed by atoms with Crippen molar-refractivity contribution in [3.63, 3.8) is 0 Å². The van der Waals surface area contributed by atoms with Crippen molar-refractivity contribution in [2.24, 2.45) is 0 Å². The largest absolute Gasteiger partial charge is 0.468 e. The zero-order valence-electron chi connectivity index (χ0n) is 8.57. The number of rotatable bonds is 3. The third-order valence-corrected chi connectivity index (χ3v) is 3.19. The number of aryl methyl sites for hydroxylation is 1. The maximum atomic E-state index is 5.70. The molecule has 0 atom stereocenters. The van der Waals surface area contributed by atoms with E-state index >= 15 is 0 Å². The highest BCUT2D eigenvalue weighted by Gasteiger charge is 2.02. The smallest absolute Gasteiger partial charge is 0.116 e. The zero-order valence-corrected chi connectivity index (χ0v) is 9.38. The summed E-state index contributed by atoms with van der Waals surface area (Å²) in [6.07, 6.45) is 1.73. The van der Waals surface area contributed by atoms with Crippen LogP contribution in [0.1, 0.15) is 11.3 Å². The molecule has 2 aromatic rings. The van der Waals surface area contributed by atoms with Crippen molar-refractivity contribution in [3.8, 4) is 0 Å². The van der Waals surface area contributed by atoms with Gasteiger partial charge in [-0.2, -0.15) is 0 Å². The van der Waals surface area contributed by atoms with Gasteiger partial charge in [-0.05, 0) is 36.8 Å². The zero-order chi connectivity index (χ0) is 10.7. The molecule has 0 bridgehead atoms. The molecule has 0 unspecified atom stereocenters. The van der Waals surface area contributed by atoms with E-state index < -0.39 is 0 Å². The van der Waals surface area contributed by atoms with Gasteiger partial charge in [0.05, 0.1) is 12.0 Å². The fourth-order valence-corrected chi connectivity index (χ4v) is 2.29. The Bertz CT molecular complexity index is 450. The van der Waals surface area contributed by atoms with Crippen molar-refractivity contribution in [2.75, 3.05) is 5.73 Å². The molecule has 0 fully saturated rings. The van der Waals surface area contributed by atoms with Crippen LogP contribution in [-0.2, 0) is 5.75 Å². The number of nitrogens with two attached hydrogens (primary N) is 1. The molecule has 0 aliphatic carbocycles. The van der Waals surface area contributed by atoms with Gasteiger partial charge in [-0.15, -0.1) is 11.8 Å². The summed E-state index contributed by atoms with van der Waals surface area (Å²) in [4.78, 5) is 1.17. The number of furan rings is 1. The molecule has 0 saturated carbocycles. The predicted octanol–water partition coefficient (Wildman–Crippen LogP) is 3.46. The molecule has 0 spiro atoms. The van der Waals surface area contributed by atoms with E-state index in [4.69, 9.17) is 10.2 Å². The first-order valence-corrected chi connectivity index (χ1v) is 5.75. The van der Waals surface area contributed by atoms with E-state index in [1.165, 1.54) is 10.5 Å². The number of hydrogen-bond acceptors (Lipinski definition) is 3. The van der Waals surface area contributed by atoms with Crippen molar-refractivity contribution >= 4 is 17.4 Å². The van der Waals surface area contributed by atoms with Gasteiger partial charge in [-0.3, -0.25) is 0 Å². The monoisotopic (exact) mass is 219 g/mol. The average molecular weight is 219 g/mol. The summed E-state index contributed by atoms with van der Waals surface area (Å²) in [5.41, 5.74) is 7.70. The molecule has 0 radical (unpaired) electrons. The Hall–Kier alpha value is -1.35. The summed E-state index contributed by atoms with van der Waals surface area (Å²) in [6, 6.07) is 9.87. The molecule has 78 valence electrons. The maximum Gasteiger partial charge on any atom is 0.116 e. The Labute approximate surface area is 93.5 Å². The molecule has 15 heavy (non-hydrogen) atoms. The van der Waals surface area contributed by atoms with Gasteiger partial charge in [-0.1, -0.05) is 6.07 Å². The van der Waals surface area contributed by atoms with Gasteiger partial charge in [0.2, 0.25) is 0 Å². The van der Waals surface area contributed by atoms with E-state index in [1.807, 2.05) is 24.3 Å². The first kappa shape index (κ1) is 10.2. The van der Waals surface area contributed by atoms with Gasteiger partial charge in [0, 0.05) is 10.6 Å². The highest BCUT2D eigenvalue weighted by Crippen LogP contribution is 2.25. The number of thioether (sulfide) groups is 1. The second-order valence-corrected chi connectivity index (χ2v) is 4.44.